The van der Waals surface area contributed by atoms with Gasteiger partial charge >= 0.3 is 0 Å². The van der Waals surface area contributed by atoms with Crippen LogP contribution in [0.4, 0.5) is 10.1 Å². The van der Waals surface area contributed by atoms with Crippen molar-refractivity contribution >= 4 is 33.4 Å². The molecule has 0 amide bonds. The lowest BCUT2D eigenvalue weighted by atomic mass is 9.99. The third-order valence-electron chi connectivity index (χ3n) is 6.03. The summed E-state index contributed by atoms with van der Waals surface area (Å²) in [6.07, 6.45) is 1.76. The summed E-state index contributed by atoms with van der Waals surface area (Å²) in [5.74, 6) is 0.308. The molecule has 0 aliphatic carbocycles. The zero-order valence-corrected chi connectivity index (χ0v) is 21.0. The molecule has 0 bridgehead atoms. The van der Waals surface area contributed by atoms with Gasteiger partial charge in [-0.25, -0.2) is 12.8 Å². The maximum atomic E-state index is 14.2. The summed E-state index contributed by atoms with van der Waals surface area (Å²) in [5, 5.41) is 10.1. The van der Waals surface area contributed by atoms with Crippen LogP contribution < -0.4 is 13.8 Å². The van der Waals surface area contributed by atoms with E-state index in [-0.39, 0.29) is 28.7 Å². The van der Waals surface area contributed by atoms with E-state index in [1.54, 1.807) is 43.3 Å². The van der Waals surface area contributed by atoms with Crippen molar-refractivity contribution in [2.75, 3.05) is 18.0 Å². The molecule has 184 valence electrons. The van der Waals surface area contributed by atoms with E-state index in [1.165, 1.54) is 35.7 Å². The number of hydrogen-bond donors (Lipinski definition) is 1. The van der Waals surface area contributed by atoms with Crippen LogP contribution in [0.3, 0.4) is 0 Å². The number of halogens is 2. The average molecular weight is 518 g/mol. The number of sulfonamides is 1. The van der Waals surface area contributed by atoms with Crippen molar-refractivity contribution in [2.24, 2.45) is 0 Å². The minimum Gasteiger partial charge on any atom is -0.496 e. The summed E-state index contributed by atoms with van der Waals surface area (Å²) < 4.78 is 54.2. The van der Waals surface area contributed by atoms with Gasteiger partial charge in [0.05, 0.1) is 35.4 Å². The zero-order valence-electron chi connectivity index (χ0n) is 19.5. The van der Waals surface area contributed by atoms with Crippen LogP contribution in [-0.2, 0) is 16.6 Å². The molecule has 1 N–H and O–H groups in total. The van der Waals surface area contributed by atoms with Gasteiger partial charge in [-0.3, -0.25) is 4.31 Å². The van der Waals surface area contributed by atoms with Gasteiger partial charge < -0.3 is 14.6 Å². The van der Waals surface area contributed by atoms with E-state index in [9.17, 15) is 17.9 Å². The number of hydrogen-bond acceptors (Lipinski definition) is 5. The second-order valence-corrected chi connectivity index (χ2v) is 10.4. The van der Waals surface area contributed by atoms with Crippen molar-refractivity contribution in [3.05, 3.63) is 87.7 Å². The lowest BCUT2D eigenvalue weighted by Gasteiger charge is -2.36. The first kappa shape index (κ1) is 25.0. The molecular weight excluding hydrogens is 493 g/mol. The molecule has 4 rings (SSSR count). The number of aliphatic hydroxyl groups excluding tert-OH is 1. The van der Waals surface area contributed by atoms with Crippen molar-refractivity contribution in [1.82, 2.24) is 0 Å². The number of anilines is 1. The van der Waals surface area contributed by atoms with Crippen molar-refractivity contribution in [2.45, 2.75) is 31.4 Å². The van der Waals surface area contributed by atoms with Crippen LogP contribution in [0.2, 0.25) is 5.02 Å². The van der Waals surface area contributed by atoms with E-state index < -0.39 is 21.9 Å². The minimum atomic E-state index is -4.05. The van der Waals surface area contributed by atoms with Crippen molar-refractivity contribution in [3.8, 4) is 11.5 Å². The van der Waals surface area contributed by atoms with Gasteiger partial charge in [-0.05, 0) is 67.0 Å². The predicted octanol–water partition coefficient (Wildman–Crippen LogP) is 5.35. The quantitative estimate of drug-likeness (QED) is 0.457. The molecule has 0 saturated carbocycles. The number of ether oxygens (including phenoxy) is 2. The Labute approximate surface area is 209 Å². The van der Waals surface area contributed by atoms with Crippen LogP contribution in [0, 0.1) is 12.7 Å². The Bertz CT molecular complexity index is 1390. The van der Waals surface area contributed by atoms with Crippen LogP contribution >= 0.6 is 11.6 Å². The molecule has 6 nitrogen and oxygen atoms in total. The molecule has 3 aromatic rings. The number of aryl methyl sites for hydroxylation is 1. The first-order chi connectivity index (χ1) is 16.7. The fourth-order valence-corrected chi connectivity index (χ4v) is 5.93. The van der Waals surface area contributed by atoms with Gasteiger partial charge in [0, 0.05) is 17.7 Å². The Kier molecular flexibility index (Phi) is 7.07. The van der Waals surface area contributed by atoms with Crippen LogP contribution in [0.1, 0.15) is 23.6 Å². The number of fused-ring (bicyclic) bond motifs is 1. The summed E-state index contributed by atoms with van der Waals surface area (Å²) in [5.41, 5.74) is 2.54. The number of aliphatic hydroxyl groups is 1. The van der Waals surface area contributed by atoms with Gasteiger partial charge in [-0.2, -0.15) is 0 Å². The maximum Gasteiger partial charge on any atom is 0.265 e. The van der Waals surface area contributed by atoms with Gasteiger partial charge in [0.1, 0.15) is 23.9 Å². The van der Waals surface area contributed by atoms with Gasteiger partial charge in [0.15, 0.2) is 0 Å². The van der Waals surface area contributed by atoms with E-state index in [4.69, 9.17) is 21.1 Å². The number of benzene rings is 3. The first-order valence-corrected chi connectivity index (χ1v) is 12.7. The summed E-state index contributed by atoms with van der Waals surface area (Å²) >= 11 is 6.10. The predicted molar refractivity (Wildman–Crippen MR) is 134 cm³/mol. The highest BCUT2D eigenvalue weighted by Crippen LogP contribution is 2.40. The fourth-order valence-electron chi connectivity index (χ4n) is 4.02. The third-order valence-corrected chi connectivity index (χ3v) is 8.27. The summed E-state index contributed by atoms with van der Waals surface area (Å²) in [6, 6.07) is 13.4. The molecule has 3 aromatic carbocycles. The second kappa shape index (κ2) is 9.89. The molecule has 1 unspecified atom stereocenters. The van der Waals surface area contributed by atoms with E-state index in [1.807, 2.05) is 6.92 Å². The third kappa shape index (κ3) is 4.74. The monoisotopic (exact) mass is 517 g/mol. The highest BCUT2D eigenvalue weighted by atomic mass is 35.5. The van der Waals surface area contributed by atoms with Gasteiger partial charge in [0.25, 0.3) is 10.0 Å². The van der Waals surface area contributed by atoms with Gasteiger partial charge in [-0.15, -0.1) is 0 Å². The smallest absolute Gasteiger partial charge is 0.265 e. The van der Waals surface area contributed by atoms with E-state index >= 15 is 0 Å². The molecule has 0 aromatic heterocycles. The molecule has 1 atom stereocenters. The maximum absolute atomic E-state index is 14.2. The normalized spacial score (nSPS) is 15.4. The van der Waals surface area contributed by atoms with Crippen LogP contribution in [0.25, 0.3) is 6.08 Å². The zero-order chi connectivity index (χ0) is 25.3. The van der Waals surface area contributed by atoms with E-state index in [0.717, 1.165) is 5.56 Å². The van der Waals surface area contributed by atoms with Crippen LogP contribution in [-0.4, -0.2) is 33.3 Å². The standard InChI is InChI=1S/C26H25ClFNO5S/c1-16-7-10-21(13-26(16)33-3)35(31,32)29-17(2)19(14-30)11-18-8-9-20(12-25(18)29)34-15-22-23(27)5-4-6-24(22)28/h4-13,17,30H,14-15H2,1-3H3. The highest BCUT2D eigenvalue weighted by Gasteiger charge is 2.35. The molecule has 9 heteroatoms. The molecule has 1 aliphatic rings. The highest BCUT2D eigenvalue weighted by molar-refractivity contribution is 7.92. The molecule has 0 radical (unpaired) electrons. The topological polar surface area (TPSA) is 76.1 Å². The molecule has 0 saturated heterocycles. The van der Waals surface area contributed by atoms with E-state index in [0.29, 0.717) is 28.3 Å². The average Bonchev–Trinajstić information content (AvgIpc) is 2.83. The van der Waals surface area contributed by atoms with Crippen molar-refractivity contribution in [1.29, 1.82) is 0 Å². The van der Waals surface area contributed by atoms with Crippen molar-refractivity contribution < 1.29 is 27.4 Å². The Morgan fingerprint density at radius 1 is 1.14 bits per heavy atom. The number of methoxy groups -OCH3 is 1. The summed E-state index contributed by atoms with van der Waals surface area (Å²) in [7, 11) is -2.57. The van der Waals surface area contributed by atoms with Crippen LogP contribution in [0.5, 0.6) is 11.5 Å². The second-order valence-electron chi connectivity index (χ2n) is 8.20. The Morgan fingerprint density at radius 2 is 1.91 bits per heavy atom. The molecule has 1 heterocycles. The van der Waals surface area contributed by atoms with Gasteiger partial charge in [0.2, 0.25) is 0 Å². The van der Waals surface area contributed by atoms with Crippen molar-refractivity contribution in [3.63, 3.8) is 0 Å². The minimum absolute atomic E-state index is 0.0569. The first-order valence-electron chi connectivity index (χ1n) is 10.9. The molecule has 35 heavy (non-hydrogen) atoms. The molecular formula is C26H25ClFNO5S. The summed E-state index contributed by atoms with van der Waals surface area (Å²) in [4.78, 5) is 0.0569. The lowest BCUT2D eigenvalue weighted by molar-refractivity contribution is 0.300. The summed E-state index contributed by atoms with van der Waals surface area (Å²) in [6.45, 7) is 3.11. The lowest BCUT2D eigenvalue weighted by Crippen LogP contribution is -2.42. The number of rotatable bonds is 7. The largest absolute Gasteiger partial charge is 0.496 e. The molecule has 0 spiro atoms. The van der Waals surface area contributed by atoms with Crippen LogP contribution in [0.15, 0.2) is 65.1 Å². The molecule has 0 fully saturated rings. The fraction of sp³-hybridized carbons (Fsp3) is 0.231. The molecule has 1 aliphatic heterocycles. The van der Waals surface area contributed by atoms with E-state index in [2.05, 4.69) is 0 Å². The Balaban J connectivity index is 1.76. The Hall–Kier alpha value is -3.07. The number of nitrogens with zero attached hydrogens (tertiary/aromatic N) is 1. The Morgan fingerprint density at radius 3 is 2.60 bits per heavy atom. The van der Waals surface area contributed by atoms with Gasteiger partial charge in [-0.1, -0.05) is 23.7 Å². The SMILES string of the molecule is COc1cc(S(=O)(=O)N2c3cc(OCc4c(F)cccc4Cl)ccc3C=C(CO)C2C)ccc1C.